The fourth-order valence-electron chi connectivity index (χ4n) is 1.78. The number of rotatable bonds is 4. The summed E-state index contributed by atoms with van der Waals surface area (Å²) in [4.78, 5) is 4.08. The molecule has 1 aliphatic heterocycles. The van der Waals surface area contributed by atoms with E-state index in [0.717, 1.165) is 18.8 Å². The predicted octanol–water partition coefficient (Wildman–Crippen LogP) is 1.78. The number of hydrazine groups is 1. The first-order chi connectivity index (χ1) is 7.79. The second-order valence-electron chi connectivity index (χ2n) is 3.91. The molecule has 1 aromatic rings. The van der Waals surface area contributed by atoms with Gasteiger partial charge in [0.2, 0.25) is 0 Å². The highest BCUT2D eigenvalue weighted by atomic mass is 32.2. The summed E-state index contributed by atoms with van der Waals surface area (Å²) < 4.78 is 5.53. The minimum atomic E-state index is 0.374. The molecule has 0 amide bonds. The van der Waals surface area contributed by atoms with Gasteiger partial charge in [0.25, 0.3) is 0 Å². The molecule has 1 fully saturated rings. The van der Waals surface area contributed by atoms with Crippen molar-refractivity contribution >= 4 is 17.6 Å². The zero-order valence-electron chi connectivity index (χ0n) is 9.35. The maximum Gasteiger partial charge on any atom is 0.140 e. The molecule has 2 heterocycles. The number of nitrogens with two attached hydrogens (primary N) is 1. The zero-order chi connectivity index (χ0) is 11.4. The van der Waals surface area contributed by atoms with Crippen molar-refractivity contribution in [1.29, 1.82) is 0 Å². The van der Waals surface area contributed by atoms with Gasteiger partial charge in [0.15, 0.2) is 0 Å². The molecule has 1 saturated heterocycles. The third-order valence-electron chi connectivity index (χ3n) is 2.74. The summed E-state index contributed by atoms with van der Waals surface area (Å²) in [5, 5.41) is 0.613. The Balaban J connectivity index is 1.88. The van der Waals surface area contributed by atoms with Crippen molar-refractivity contribution in [3.8, 4) is 0 Å². The van der Waals surface area contributed by atoms with E-state index in [-0.39, 0.29) is 0 Å². The average Bonchev–Trinajstić information content (AvgIpc) is 2.72. The molecule has 1 aromatic heterocycles. The van der Waals surface area contributed by atoms with Gasteiger partial charge in [0, 0.05) is 23.8 Å². The van der Waals surface area contributed by atoms with Gasteiger partial charge in [-0.25, -0.2) is 10.8 Å². The van der Waals surface area contributed by atoms with Crippen molar-refractivity contribution in [2.24, 2.45) is 5.84 Å². The number of thioether (sulfide) groups is 1. The van der Waals surface area contributed by atoms with Crippen molar-refractivity contribution < 1.29 is 4.74 Å². The van der Waals surface area contributed by atoms with E-state index in [4.69, 9.17) is 10.6 Å². The predicted molar refractivity (Wildman–Crippen MR) is 67.2 cm³/mol. The van der Waals surface area contributed by atoms with Crippen LogP contribution < -0.4 is 11.3 Å². The number of pyridine rings is 1. The molecule has 0 aliphatic carbocycles. The Kier molecular flexibility index (Phi) is 4.04. The van der Waals surface area contributed by atoms with Gasteiger partial charge in [-0.2, -0.15) is 11.8 Å². The standard InChI is InChI=1S/C11H17N3OS/c1-8-10(3-5-15-8)16-7-9-2-4-13-11(6-9)14-12/h2,4,6,8,10H,3,5,7,12H2,1H3,(H,13,14). The van der Waals surface area contributed by atoms with Gasteiger partial charge in [0.1, 0.15) is 5.82 Å². The van der Waals surface area contributed by atoms with Crippen LogP contribution in [0.2, 0.25) is 0 Å². The van der Waals surface area contributed by atoms with Crippen LogP contribution in [0, 0.1) is 0 Å². The van der Waals surface area contributed by atoms with Gasteiger partial charge >= 0.3 is 0 Å². The first-order valence-corrected chi connectivity index (χ1v) is 6.49. The first-order valence-electron chi connectivity index (χ1n) is 5.44. The summed E-state index contributed by atoms with van der Waals surface area (Å²) in [6, 6.07) is 4.00. The van der Waals surface area contributed by atoms with Crippen LogP contribution in [0.25, 0.3) is 0 Å². The molecule has 16 heavy (non-hydrogen) atoms. The van der Waals surface area contributed by atoms with E-state index < -0.39 is 0 Å². The molecule has 0 aromatic carbocycles. The molecule has 0 saturated carbocycles. The molecule has 4 nitrogen and oxygen atoms in total. The van der Waals surface area contributed by atoms with Gasteiger partial charge < -0.3 is 10.2 Å². The van der Waals surface area contributed by atoms with E-state index in [9.17, 15) is 0 Å². The second-order valence-corrected chi connectivity index (χ2v) is 5.14. The highest BCUT2D eigenvalue weighted by Crippen LogP contribution is 2.29. The minimum Gasteiger partial charge on any atom is -0.377 e. The Bertz CT molecular complexity index is 348. The van der Waals surface area contributed by atoms with E-state index in [1.165, 1.54) is 5.56 Å². The number of nitrogens with zero attached hydrogens (tertiary/aromatic N) is 1. The number of nitrogen functional groups attached to an aromatic ring is 1. The van der Waals surface area contributed by atoms with Gasteiger partial charge in [-0.15, -0.1) is 0 Å². The highest BCUT2D eigenvalue weighted by Gasteiger charge is 2.24. The summed E-state index contributed by atoms with van der Waals surface area (Å²) in [6.45, 7) is 3.04. The number of ether oxygens (including phenoxy) is 1. The summed E-state index contributed by atoms with van der Waals surface area (Å²) >= 11 is 1.94. The molecule has 2 unspecified atom stereocenters. The van der Waals surface area contributed by atoms with Crippen LogP contribution in [0.4, 0.5) is 5.82 Å². The number of nitrogens with one attached hydrogen (secondary N) is 1. The van der Waals surface area contributed by atoms with E-state index in [1.807, 2.05) is 23.9 Å². The molecule has 5 heteroatoms. The largest absolute Gasteiger partial charge is 0.377 e. The normalized spacial score (nSPS) is 24.6. The molecule has 1 aliphatic rings. The van der Waals surface area contributed by atoms with Crippen LogP contribution in [0.1, 0.15) is 18.9 Å². The summed E-state index contributed by atoms with van der Waals surface area (Å²) in [7, 11) is 0. The smallest absolute Gasteiger partial charge is 0.140 e. The lowest BCUT2D eigenvalue weighted by molar-refractivity contribution is 0.127. The monoisotopic (exact) mass is 239 g/mol. The lowest BCUT2D eigenvalue weighted by Crippen LogP contribution is -2.13. The number of anilines is 1. The molecule has 88 valence electrons. The SMILES string of the molecule is CC1OCCC1SCc1ccnc(NN)c1. The third-order valence-corrected chi connectivity index (χ3v) is 4.29. The topological polar surface area (TPSA) is 60.2 Å². The third kappa shape index (κ3) is 2.87. The fourth-order valence-corrected chi connectivity index (χ4v) is 2.98. The summed E-state index contributed by atoms with van der Waals surface area (Å²) in [5.74, 6) is 7.02. The van der Waals surface area contributed by atoms with Crippen molar-refractivity contribution in [1.82, 2.24) is 4.98 Å². The maximum atomic E-state index is 5.53. The molecular formula is C11H17N3OS. The Morgan fingerprint density at radius 2 is 2.56 bits per heavy atom. The van der Waals surface area contributed by atoms with Crippen LogP contribution in [0.5, 0.6) is 0 Å². The number of hydrogen-bond donors (Lipinski definition) is 2. The van der Waals surface area contributed by atoms with Gasteiger partial charge in [0.05, 0.1) is 6.10 Å². The van der Waals surface area contributed by atoms with Gasteiger partial charge in [-0.05, 0) is 31.0 Å². The van der Waals surface area contributed by atoms with Crippen LogP contribution in [0.3, 0.4) is 0 Å². The molecule has 2 rings (SSSR count). The van der Waals surface area contributed by atoms with Crippen LogP contribution in [-0.2, 0) is 10.5 Å². The van der Waals surface area contributed by atoms with E-state index in [1.54, 1.807) is 6.20 Å². The van der Waals surface area contributed by atoms with Crippen LogP contribution >= 0.6 is 11.8 Å². The van der Waals surface area contributed by atoms with Gasteiger partial charge in [-0.1, -0.05) is 0 Å². The van der Waals surface area contributed by atoms with E-state index >= 15 is 0 Å². The summed E-state index contributed by atoms with van der Waals surface area (Å²) in [5.41, 5.74) is 3.80. The van der Waals surface area contributed by atoms with Crippen molar-refractivity contribution in [3.05, 3.63) is 23.9 Å². The Morgan fingerprint density at radius 3 is 3.25 bits per heavy atom. The highest BCUT2D eigenvalue weighted by molar-refractivity contribution is 7.99. The fraction of sp³-hybridized carbons (Fsp3) is 0.545. The van der Waals surface area contributed by atoms with E-state index in [0.29, 0.717) is 17.2 Å². The lowest BCUT2D eigenvalue weighted by atomic mass is 10.3. The number of aromatic nitrogens is 1. The molecule has 0 radical (unpaired) electrons. The first kappa shape index (κ1) is 11.7. The minimum absolute atomic E-state index is 0.374. The van der Waals surface area contributed by atoms with Crippen molar-refractivity contribution in [3.63, 3.8) is 0 Å². The Hall–Kier alpha value is -0.780. The molecule has 0 bridgehead atoms. The second kappa shape index (κ2) is 5.52. The maximum absolute atomic E-state index is 5.53. The van der Waals surface area contributed by atoms with E-state index in [2.05, 4.69) is 17.3 Å². The molecular weight excluding hydrogens is 222 g/mol. The Morgan fingerprint density at radius 1 is 1.69 bits per heavy atom. The van der Waals surface area contributed by atoms with Crippen LogP contribution in [-0.4, -0.2) is 22.9 Å². The molecule has 0 spiro atoms. The van der Waals surface area contributed by atoms with Gasteiger partial charge in [-0.3, -0.25) is 0 Å². The quantitative estimate of drug-likeness (QED) is 0.619. The van der Waals surface area contributed by atoms with Crippen molar-refractivity contribution in [2.45, 2.75) is 30.5 Å². The number of hydrogen-bond acceptors (Lipinski definition) is 5. The molecule has 3 N–H and O–H groups in total. The average molecular weight is 239 g/mol. The van der Waals surface area contributed by atoms with Crippen LogP contribution in [0.15, 0.2) is 18.3 Å². The zero-order valence-corrected chi connectivity index (χ0v) is 10.2. The summed E-state index contributed by atoms with van der Waals surface area (Å²) in [6.07, 6.45) is 3.30. The Labute approximate surface area is 99.9 Å². The lowest BCUT2D eigenvalue weighted by Gasteiger charge is -2.13. The molecule has 2 atom stereocenters. The van der Waals surface area contributed by atoms with Crippen molar-refractivity contribution in [2.75, 3.05) is 12.0 Å².